The van der Waals surface area contributed by atoms with E-state index in [1.807, 2.05) is 13.1 Å². The maximum Gasteiger partial charge on any atom is 0.387 e. The van der Waals surface area contributed by atoms with Gasteiger partial charge in [0.15, 0.2) is 0 Å². The largest absolute Gasteiger partial charge is 0.434 e. The van der Waals surface area contributed by atoms with Gasteiger partial charge in [0.1, 0.15) is 5.75 Å². The van der Waals surface area contributed by atoms with Crippen LogP contribution < -0.4 is 10.5 Å². The summed E-state index contributed by atoms with van der Waals surface area (Å²) in [6.07, 6.45) is 3.04. The van der Waals surface area contributed by atoms with Gasteiger partial charge in [-0.1, -0.05) is 25.1 Å². The standard InChI is InChI=1S/C15H24F2N2OS/c1-4-11(10-21-3)19(2)13(9-18)12-7-5-6-8-14(12)20-15(16)17/h5-8,11,13,15H,4,9-10,18H2,1-3H3. The lowest BCUT2D eigenvalue weighted by atomic mass is 10.0. The highest BCUT2D eigenvalue weighted by molar-refractivity contribution is 7.98. The SMILES string of the molecule is CCC(CSC)N(C)C(CN)c1ccccc1OC(F)F. The third-order valence-electron chi connectivity index (χ3n) is 3.62. The molecule has 3 nitrogen and oxygen atoms in total. The first kappa shape index (κ1) is 18.2. The van der Waals surface area contributed by atoms with E-state index in [-0.39, 0.29) is 11.8 Å². The van der Waals surface area contributed by atoms with Crippen LogP contribution in [-0.2, 0) is 0 Å². The predicted molar refractivity (Wildman–Crippen MR) is 85.1 cm³/mol. The van der Waals surface area contributed by atoms with Crippen molar-refractivity contribution in [3.63, 3.8) is 0 Å². The van der Waals surface area contributed by atoms with Crippen molar-refractivity contribution in [1.82, 2.24) is 4.90 Å². The van der Waals surface area contributed by atoms with Gasteiger partial charge in [0, 0.05) is 23.9 Å². The first-order valence-corrected chi connectivity index (χ1v) is 8.39. The summed E-state index contributed by atoms with van der Waals surface area (Å²) in [5.74, 6) is 1.18. The zero-order valence-corrected chi connectivity index (χ0v) is 13.6. The average molecular weight is 318 g/mol. The first-order chi connectivity index (χ1) is 10.0. The molecule has 120 valence electrons. The van der Waals surface area contributed by atoms with Crippen molar-refractivity contribution in [2.24, 2.45) is 5.73 Å². The van der Waals surface area contributed by atoms with Crippen LogP contribution in [0.25, 0.3) is 0 Å². The molecular weight excluding hydrogens is 294 g/mol. The summed E-state index contributed by atoms with van der Waals surface area (Å²) >= 11 is 1.77. The summed E-state index contributed by atoms with van der Waals surface area (Å²) in [6.45, 7) is -0.361. The second-order valence-electron chi connectivity index (χ2n) is 4.85. The molecule has 0 aliphatic rings. The molecule has 6 heteroatoms. The maximum atomic E-state index is 12.5. The highest BCUT2D eigenvalue weighted by atomic mass is 32.2. The number of ether oxygens (including phenoxy) is 1. The van der Waals surface area contributed by atoms with Crippen LogP contribution in [0.2, 0.25) is 0 Å². The normalized spacial score (nSPS) is 14.5. The summed E-state index contributed by atoms with van der Waals surface area (Å²) < 4.78 is 29.7. The molecule has 1 aromatic carbocycles. The molecule has 1 rings (SSSR count). The molecule has 0 aromatic heterocycles. The lowest BCUT2D eigenvalue weighted by molar-refractivity contribution is -0.0512. The van der Waals surface area contributed by atoms with Crippen molar-refractivity contribution < 1.29 is 13.5 Å². The second-order valence-corrected chi connectivity index (χ2v) is 5.76. The molecule has 0 saturated carbocycles. The molecule has 1 aromatic rings. The molecule has 0 fully saturated rings. The van der Waals surface area contributed by atoms with Crippen molar-refractivity contribution in [2.45, 2.75) is 32.0 Å². The van der Waals surface area contributed by atoms with Gasteiger partial charge in [0.05, 0.1) is 6.04 Å². The Morgan fingerprint density at radius 1 is 1.33 bits per heavy atom. The molecule has 2 N–H and O–H groups in total. The minimum Gasteiger partial charge on any atom is -0.434 e. The number of likely N-dealkylation sites (N-methyl/N-ethyl adjacent to an activating group) is 1. The van der Waals surface area contributed by atoms with Crippen LogP contribution in [0, 0.1) is 0 Å². The van der Waals surface area contributed by atoms with Crippen molar-refractivity contribution in [2.75, 3.05) is 25.6 Å². The van der Waals surface area contributed by atoms with E-state index in [0.29, 0.717) is 18.2 Å². The van der Waals surface area contributed by atoms with Gasteiger partial charge in [-0.25, -0.2) is 0 Å². The molecule has 0 aliphatic heterocycles. The number of nitrogens with zero attached hydrogens (tertiary/aromatic N) is 1. The quantitative estimate of drug-likeness (QED) is 0.758. The number of hydrogen-bond donors (Lipinski definition) is 1. The molecule has 0 amide bonds. The van der Waals surface area contributed by atoms with E-state index in [1.165, 1.54) is 0 Å². The van der Waals surface area contributed by atoms with E-state index in [9.17, 15) is 8.78 Å². The fraction of sp³-hybridized carbons (Fsp3) is 0.600. The Hall–Kier alpha value is -0.850. The highest BCUT2D eigenvalue weighted by Gasteiger charge is 2.25. The first-order valence-electron chi connectivity index (χ1n) is 6.99. The summed E-state index contributed by atoms with van der Waals surface area (Å²) in [6, 6.07) is 7.07. The Balaban J connectivity index is 3.03. The number of para-hydroxylation sites is 1. The zero-order valence-electron chi connectivity index (χ0n) is 12.8. The molecule has 21 heavy (non-hydrogen) atoms. The number of thioether (sulfide) groups is 1. The van der Waals surface area contributed by atoms with E-state index in [2.05, 4.69) is 22.8 Å². The van der Waals surface area contributed by atoms with E-state index < -0.39 is 6.61 Å². The van der Waals surface area contributed by atoms with Crippen LogP contribution >= 0.6 is 11.8 Å². The van der Waals surface area contributed by atoms with E-state index in [1.54, 1.807) is 30.0 Å². The topological polar surface area (TPSA) is 38.5 Å². The van der Waals surface area contributed by atoms with Crippen LogP contribution in [-0.4, -0.2) is 43.2 Å². The Kier molecular flexibility index (Phi) is 8.00. The number of alkyl halides is 2. The van der Waals surface area contributed by atoms with E-state index >= 15 is 0 Å². The number of halogens is 2. The molecule has 0 heterocycles. The fourth-order valence-electron chi connectivity index (χ4n) is 2.44. The van der Waals surface area contributed by atoms with Crippen LogP contribution in [0.1, 0.15) is 24.9 Å². The second kappa shape index (κ2) is 9.23. The summed E-state index contributed by atoms with van der Waals surface area (Å²) in [4.78, 5) is 2.16. The minimum absolute atomic E-state index is 0.142. The Morgan fingerprint density at radius 3 is 2.52 bits per heavy atom. The maximum absolute atomic E-state index is 12.5. The van der Waals surface area contributed by atoms with Gasteiger partial charge >= 0.3 is 6.61 Å². The number of nitrogens with two attached hydrogens (primary N) is 1. The Labute approximate surface area is 129 Å². The minimum atomic E-state index is -2.83. The van der Waals surface area contributed by atoms with Crippen LogP contribution in [0.4, 0.5) is 8.78 Å². The molecule has 2 atom stereocenters. The Bertz CT molecular complexity index is 420. The van der Waals surface area contributed by atoms with E-state index in [4.69, 9.17) is 5.73 Å². The van der Waals surface area contributed by atoms with Crippen molar-refractivity contribution >= 4 is 11.8 Å². The number of hydrogen-bond acceptors (Lipinski definition) is 4. The smallest absolute Gasteiger partial charge is 0.387 e. The molecule has 0 aliphatic carbocycles. The van der Waals surface area contributed by atoms with Crippen LogP contribution in [0.3, 0.4) is 0 Å². The third kappa shape index (κ3) is 5.13. The van der Waals surface area contributed by atoms with Crippen molar-refractivity contribution in [1.29, 1.82) is 0 Å². The van der Waals surface area contributed by atoms with Gasteiger partial charge in [-0.15, -0.1) is 0 Å². The van der Waals surface area contributed by atoms with Gasteiger partial charge in [-0.05, 0) is 25.8 Å². The summed E-state index contributed by atoms with van der Waals surface area (Å²) in [5, 5.41) is 0. The van der Waals surface area contributed by atoms with Gasteiger partial charge in [-0.2, -0.15) is 20.5 Å². The molecule has 0 bridgehead atoms. The van der Waals surface area contributed by atoms with E-state index in [0.717, 1.165) is 12.2 Å². The third-order valence-corrected chi connectivity index (χ3v) is 4.33. The molecule has 0 radical (unpaired) electrons. The van der Waals surface area contributed by atoms with Crippen molar-refractivity contribution in [3.8, 4) is 5.75 Å². The lowest BCUT2D eigenvalue weighted by Crippen LogP contribution is -2.40. The molecular formula is C15H24F2N2OS. The monoisotopic (exact) mass is 318 g/mol. The van der Waals surface area contributed by atoms with Gasteiger partial charge in [-0.3, -0.25) is 4.90 Å². The highest BCUT2D eigenvalue weighted by Crippen LogP contribution is 2.31. The van der Waals surface area contributed by atoms with Crippen molar-refractivity contribution in [3.05, 3.63) is 29.8 Å². The summed E-state index contributed by atoms with van der Waals surface area (Å²) in [7, 11) is 1.99. The summed E-state index contributed by atoms with van der Waals surface area (Å²) in [5.41, 5.74) is 6.61. The van der Waals surface area contributed by atoms with Gasteiger partial charge in [0.2, 0.25) is 0 Å². The fourth-order valence-corrected chi connectivity index (χ4v) is 3.30. The lowest BCUT2D eigenvalue weighted by Gasteiger charge is -2.34. The molecule has 0 saturated heterocycles. The van der Waals surface area contributed by atoms with Crippen LogP contribution in [0.15, 0.2) is 24.3 Å². The predicted octanol–water partition coefficient (Wildman–Crippen LogP) is 3.36. The van der Waals surface area contributed by atoms with Gasteiger partial charge < -0.3 is 10.5 Å². The zero-order chi connectivity index (χ0) is 15.8. The molecule has 0 spiro atoms. The number of rotatable bonds is 9. The van der Waals surface area contributed by atoms with Gasteiger partial charge in [0.25, 0.3) is 0 Å². The molecule has 2 unspecified atom stereocenters. The van der Waals surface area contributed by atoms with Crippen LogP contribution in [0.5, 0.6) is 5.75 Å². The Morgan fingerprint density at radius 2 is 2.00 bits per heavy atom. The number of benzene rings is 1. The average Bonchev–Trinajstić information content (AvgIpc) is 2.46.